The molecule has 0 atom stereocenters. The van der Waals surface area contributed by atoms with Gasteiger partial charge >= 0.3 is 0 Å². The minimum atomic E-state index is 0.962. The van der Waals surface area contributed by atoms with Crippen LogP contribution in [0.1, 0.15) is 18.9 Å². The highest BCUT2D eigenvalue weighted by Gasteiger charge is 2.00. The first-order valence-corrected chi connectivity index (χ1v) is 5.50. The third-order valence-corrected chi connectivity index (χ3v) is 2.28. The van der Waals surface area contributed by atoms with Crippen LogP contribution in [0.2, 0.25) is 0 Å². The van der Waals surface area contributed by atoms with E-state index in [0.717, 1.165) is 29.9 Å². The van der Waals surface area contributed by atoms with E-state index < -0.39 is 0 Å². The summed E-state index contributed by atoms with van der Waals surface area (Å²) in [6.45, 7) is 5.13. The van der Waals surface area contributed by atoms with E-state index in [9.17, 15) is 0 Å². The molecule has 2 aromatic heterocycles. The van der Waals surface area contributed by atoms with Crippen LogP contribution >= 0.6 is 0 Å². The topological polar surface area (TPSA) is 42.7 Å². The van der Waals surface area contributed by atoms with Crippen LogP contribution < -0.4 is 5.32 Å². The zero-order chi connectivity index (χ0) is 11.4. The Kier molecular flexibility index (Phi) is 3.19. The van der Waals surface area contributed by atoms with E-state index in [0.29, 0.717) is 0 Å². The van der Waals surface area contributed by atoms with Crippen LogP contribution in [-0.4, -0.2) is 21.3 Å². The standard InChI is InChI=1S/C12H16N4/c1-3-4-14-11-5-12(8-13-7-11)16-9-10(2)6-15-16/h5-9,14H,3-4H2,1-2H3. The van der Waals surface area contributed by atoms with E-state index in [-0.39, 0.29) is 0 Å². The van der Waals surface area contributed by atoms with Crippen molar-refractivity contribution in [2.24, 2.45) is 0 Å². The van der Waals surface area contributed by atoms with Gasteiger partial charge < -0.3 is 5.32 Å². The van der Waals surface area contributed by atoms with Gasteiger partial charge in [-0.3, -0.25) is 4.98 Å². The first-order valence-electron chi connectivity index (χ1n) is 5.50. The van der Waals surface area contributed by atoms with E-state index >= 15 is 0 Å². The molecule has 4 nitrogen and oxygen atoms in total. The molecular formula is C12H16N4. The van der Waals surface area contributed by atoms with Gasteiger partial charge in [-0.25, -0.2) is 4.68 Å². The molecule has 0 unspecified atom stereocenters. The maximum atomic E-state index is 4.26. The van der Waals surface area contributed by atoms with Crippen LogP contribution in [-0.2, 0) is 0 Å². The lowest BCUT2D eigenvalue weighted by Gasteiger charge is -2.06. The van der Waals surface area contributed by atoms with Crippen LogP contribution in [0.15, 0.2) is 30.9 Å². The van der Waals surface area contributed by atoms with Gasteiger partial charge in [-0.05, 0) is 25.0 Å². The fraction of sp³-hybridized carbons (Fsp3) is 0.333. The summed E-state index contributed by atoms with van der Waals surface area (Å²) in [5.41, 5.74) is 3.16. The number of nitrogens with one attached hydrogen (secondary N) is 1. The van der Waals surface area contributed by atoms with Gasteiger partial charge in [0.25, 0.3) is 0 Å². The van der Waals surface area contributed by atoms with Gasteiger partial charge in [-0.2, -0.15) is 5.10 Å². The number of aromatic nitrogens is 3. The highest BCUT2D eigenvalue weighted by atomic mass is 15.3. The van der Waals surface area contributed by atoms with Gasteiger partial charge in [0, 0.05) is 12.7 Å². The Morgan fingerprint density at radius 2 is 2.19 bits per heavy atom. The lowest BCUT2D eigenvalue weighted by atomic mass is 10.3. The van der Waals surface area contributed by atoms with Crippen molar-refractivity contribution in [1.82, 2.24) is 14.8 Å². The monoisotopic (exact) mass is 216 g/mol. The molecule has 0 aliphatic carbocycles. The van der Waals surface area contributed by atoms with Crippen molar-refractivity contribution in [3.05, 3.63) is 36.4 Å². The second-order valence-electron chi connectivity index (χ2n) is 3.82. The van der Waals surface area contributed by atoms with Gasteiger partial charge in [0.2, 0.25) is 0 Å². The van der Waals surface area contributed by atoms with Gasteiger partial charge in [0.15, 0.2) is 0 Å². The van der Waals surface area contributed by atoms with Gasteiger partial charge in [0.1, 0.15) is 0 Å². The first-order chi connectivity index (χ1) is 7.79. The predicted octanol–water partition coefficient (Wildman–Crippen LogP) is 2.40. The molecule has 0 saturated heterocycles. The summed E-state index contributed by atoms with van der Waals surface area (Å²) >= 11 is 0. The minimum Gasteiger partial charge on any atom is -0.384 e. The van der Waals surface area contributed by atoms with Crippen LogP contribution in [0.4, 0.5) is 5.69 Å². The molecule has 0 spiro atoms. The summed E-state index contributed by atoms with van der Waals surface area (Å²) < 4.78 is 1.83. The summed E-state index contributed by atoms with van der Waals surface area (Å²) in [5, 5.41) is 7.56. The molecule has 84 valence electrons. The highest BCUT2D eigenvalue weighted by molar-refractivity contribution is 5.47. The number of anilines is 1. The van der Waals surface area contributed by atoms with Crippen LogP contribution in [0.25, 0.3) is 5.69 Å². The Morgan fingerprint density at radius 3 is 2.88 bits per heavy atom. The zero-order valence-electron chi connectivity index (χ0n) is 9.64. The Labute approximate surface area is 95.3 Å². The Balaban J connectivity index is 2.22. The molecule has 0 amide bonds. The molecule has 0 aliphatic heterocycles. The smallest absolute Gasteiger partial charge is 0.0849 e. The van der Waals surface area contributed by atoms with Crippen molar-refractivity contribution in [1.29, 1.82) is 0 Å². The lowest BCUT2D eigenvalue weighted by molar-refractivity contribution is 0.872. The number of pyridine rings is 1. The van der Waals surface area contributed by atoms with Crippen molar-refractivity contribution >= 4 is 5.69 Å². The van der Waals surface area contributed by atoms with Crippen molar-refractivity contribution in [2.75, 3.05) is 11.9 Å². The molecule has 0 radical (unpaired) electrons. The largest absolute Gasteiger partial charge is 0.384 e. The van der Waals surface area contributed by atoms with Crippen LogP contribution in [0.5, 0.6) is 0 Å². The molecule has 2 rings (SSSR count). The molecule has 0 aromatic carbocycles. The maximum Gasteiger partial charge on any atom is 0.0849 e. The zero-order valence-corrected chi connectivity index (χ0v) is 9.64. The summed E-state index contributed by atoms with van der Waals surface area (Å²) in [7, 11) is 0. The fourth-order valence-electron chi connectivity index (χ4n) is 1.47. The predicted molar refractivity (Wildman–Crippen MR) is 64.9 cm³/mol. The molecule has 16 heavy (non-hydrogen) atoms. The second-order valence-corrected chi connectivity index (χ2v) is 3.82. The third kappa shape index (κ3) is 2.39. The highest BCUT2D eigenvalue weighted by Crippen LogP contribution is 2.12. The van der Waals surface area contributed by atoms with Gasteiger partial charge in [-0.15, -0.1) is 0 Å². The third-order valence-electron chi connectivity index (χ3n) is 2.28. The van der Waals surface area contributed by atoms with Crippen LogP contribution in [0.3, 0.4) is 0 Å². The van der Waals surface area contributed by atoms with Gasteiger partial charge in [-0.1, -0.05) is 6.92 Å². The number of hydrogen-bond acceptors (Lipinski definition) is 3. The average Bonchev–Trinajstić information content (AvgIpc) is 2.74. The quantitative estimate of drug-likeness (QED) is 0.853. The molecule has 0 saturated carbocycles. The SMILES string of the molecule is CCCNc1cncc(-n2cc(C)cn2)c1. The van der Waals surface area contributed by atoms with Crippen molar-refractivity contribution in [3.63, 3.8) is 0 Å². The van der Waals surface area contributed by atoms with Crippen molar-refractivity contribution in [3.8, 4) is 5.69 Å². The Hall–Kier alpha value is -1.84. The van der Waals surface area contributed by atoms with Crippen molar-refractivity contribution in [2.45, 2.75) is 20.3 Å². The number of rotatable bonds is 4. The molecule has 0 fully saturated rings. The maximum absolute atomic E-state index is 4.26. The summed E-state index contributed by atoms with van der Waals surface area (Å²) in [6.07, 6.45) is 8.57. The minimum absolute atomic E-state index is 0.962. The lowest BCUT2D eigenvalue weighted by Crippen LogP contribution is -2.02. The molecular weight excluding hydrogens is 200 g/mol. The molecule has 1 N–H and O–H groups in total. The van der Waals surface area contributed by atoms with Gasteiger partial charge in [0.05, 0.1) is 30.0 Å². The summed E-state index contributed by atoms with van der Waals surface area (Å²) in [6, 6.07) is 2.05. The molecule has 4 heteroatoms. The van der Waals surface area contributed by atoms with Crippen LogP contribution in [0, 0.1) is 6.92 Å². The van der Waals surface area contributed by atoms with E-state index in [1.807, 2.05) is 36.4 Å². The summed E-state index contributed by atoms with van der Waals surface area (Å²) in [4.78, 5) is 4.20. The Bertz CT molecular complexity index is 462. The molecule has 2 aromatic rings. The van der Waals surface area contributed by atoms with E-state index in [1.165, 1.54) is 0 Å². The van der Waals surface area contributed by atoms with E-state index in [2.05, 4.69) is 28.4 Å². The van der Waals surface area contributed by atoms with E-state index in [1.54, 1.807) is 0 Å². The second kappa shape index (κ2) is 4.79. The number of hydrogen-bond donors (Lipinski definition) is 1. The number of nitrogens with zero attached hydrogens (tertiary/aromatic N) is 3. The fourth-order valence-corrected chi connectivity index (χ4v) is 1.47. The first kappa shape index (κ1) is 10.7. The molecule has 2 heterocycles. The summed E-state index contributed by atoms with van der Waals surface area (Å²) in [5.74, 6) is 0. The van der Waals surface area contributed by atoms with E-state index in [4.69, 9.17) is 0 Å². The average molecular weight is 216 g/mol. The molecule has 0 bridgehead atoms. The molecule has 0 aliphatic rings. The van der Waals surface area contributed by atoms with Crippen molar-refractivity contribution < 1.29 is 0 Å². The normalized spacial score (nSPS) is 10.4. The Morgan fingerprint density at radius 1 is 1.31 bits per heavy atom. The number of aryl methyl sites for hydroxylation is 1.